The Morgan fingerprint density at radius 1 is 0.885 bits per heavy atom. The molecule has 1 N–H and O–H groups in total. The lowest BCUT2D eigenvalue weighted by atomic mass is 9.81. The van der Waals surface area contributed by atoms with Gasteiger partial charge in [-0.2, -0.15) is 10.5 Å². The second-order valence-corrected chi connectivity index (χ2v) is 6.20. The summed E-state index contributed by atoms with van der Waals surface area (Å²) in [4.78, 5) is 0. The normalized spacial score (nSPS) is 14.5. The highest BCUT2D eigenvalue weighted by molar-refractivity contribution is 5.55. The van der Waals surface area contributed by atoms with Gasteiger partial charge in [0.1, 0.15) is 12.4 Å². The monoisotopic (exact) mass is 341 g/mol. The van der Waals surface area contributed by atoms with Crippen LogP contribution in [0.5, 0.6) is 5.75 Å². The van der Waals surface area contributed by atoms with E-state index in [2.05, 4.69) is 17.5 Å². The topological polar surface area (TPSA) is 68.8 Å². The third kappa shape index (κ3) is 3.45. The van der Waals surface area contributed by atoms with Gasteiger partial charge in [0.25, 0.3) is 0 Å². The lowest BCUT2D eigenvalue weighted by Crippen LogP contribution is -2.23. The van der Waals surface area contributed by atoms with Gasteiger partial charge in [0.05, 0.1) is 29.2 Å². The number of nitriles is 2. The maximum atomic E-state index is 9.55. The number of rotatable bonds is 4. The molecule has 1 heterocycles. The van der Waals surface area contributed by atoms with Crippen molar-refractivity contribution in [2.75, 3.05) is 0 Å². The molecule has 26 heavy (non-hydrogen) atoms. The predicted octanol–water partition coefficient (Wildman–Crippen LogP) is 4.55. The predicted molar refractivity (Wildman–Crippen MR) is 99.7 cm³/mol. The SMILES string of the molecule is CC1=C(C#N)C(c2ccc(OCc3ccccc3)cc2)C(C#N)=C(C)N1. The number of ether oxygens (including phenoxy) is 1. The van der Waals surface area contributed by atoms with E-state index in [1.54, 1.807) is 0 Å². The minimum absolute atomic E-state index is 0.338. The van der Waals surface area contributed by atoms with Gasteiger partial charge in [-0.1, -0.05) is 42.5 Å². The third-order valence-electron chi connectivity index (χ3n) is 4.46. The quantitative estimate of drug-likeness (QED) is 0.886. The Bertz CT molecular complexity index is 906. The Labute approximate surface area is 153 Å². The van der Waals surface area contributed by atoms with Crippen LogP contribution < -0.4 is 10.1 Å². The Balaban J connectivity index is 1.84. The molecule has 2 aromatic rings. The zero-order valence-electron chi connectivity index (χ0n) is 14.8. The van der Waals surface area contributed by atoms with Crippen LogP contribution in [0.4, 0.5) is 0 Å². The van der Waals surface area contributed by atoms with Gasteiger partial charge < -0.3 is 10.1 Å². The third-order valence-corrected chi connectivity index (χ3v) is 4.46. The zero-order chi connectivity index (χ0) is 18.5. The van der Waals surface area contributed by atoms with Crippen molar-refractivity contribution in [2.45, 2.75) is 26.4 Å². The van der Waals surface area contributed by atoms with E-state index in [1.165, 1.54) is 0 Å². The Morgan fingerprint density at radius 3 is 2.00 bits per heavy atom. The van der Waals surface area contributed by atoms with Gasteiger partial charge in [-0.25, -0.2) is 0 Å². The lowest BCUT2D eigenvalue weighted by Gasteiger charge is -2.26. The lowest BCUT2D eigenvalue weighted by molar-refractivity contribution is 0.306. The van der Waals surface area contributed by atoms with Crippen molar-refractivity contribution in [3.05, 3.63) is 88.3 Å². The molecule has 0 radical (unpaired) electrons. The molecule has 1 aliphatic rings. The van der Waals surface area contributed by atoms with Crippen LogP contribution in [0.25, 0.3) is 0 Å². The van der Waals surface area contributed by atoms with Crippen LogP contribution >= 0.6 is 0 Å². The van der Waals surface area contributed by atoms with Crippen LogP contribution in [0.15, 0.2) is 77.1 Å². The van der Waals surface area contributed by atoms with Gasteiger partial charge in [0, 0.05) is 11.4 Å². The fourth-order valence-corrected chi connectivity index (χ4v) is 3.12. The highest BCUT2D eigenvalue weighted by atomic mass is 16.5. The van der Waals surface area contributed by atoms with E-state index in [9.17, 15) is 10.5 Å². The summed E-state index contributed by atoms with van der Waals surface area (Å²) in [7, 11) is 0. The molecule has 0 atom stereocenters. The first-order chi connectivity index (χ1) is 12.6. The summed E-state index contributed by atoms with van der Waals surface area (Å²) < 4.78 is 5.82. The minimum atomic E-state index is -0.338. The minimum Gasteiger partial charge on any atom is -0.489 e. The molecule has 2 aromatic carbocycles. The standard InChI is InChI=1S/C22H19N3O/c1-15-20(12-23)22(21(13-24)16(2)25-15)18-8-10-19(11-9-18)26-14-17-6-4-3-5-7-17/h3-11,22,25H,14H2,1-2H3. The van der Waals surface area contributed by atoms with E-state index in [0.717, 1.165) is 28.3 Å². The van der Waals surface area contributed by atoms with Crippen molar-refractivity contribution in [3.63, 3.8) is 0 Å². The van der Waals surface area contributed by atoms with Gasteiger partial charge >= 0.3 is 0 Å². The molecule has 0 fully saturated rings. The van der Waals surface area contributed by atoms with Crippen molar-refractivity contribution >= 4 is 0 Å². The Hall–Kier alpha value is -3.50. The summed E-state index contributed by atoms with van der Waals surface area (Å²) in [6.07, 6.45) is 0. The second-order valence-electron chi connectivity index (χ2n) is 6.20. The molecular formula is C22H19N3O. The number of dihydropyridines is 1. The van der Waals surface area contributed by atoms with Crippen LogP contribution in [-0.2, 0) is 6.61 Å². The molecule has 128 valence electrons. The average molecular weight is 341 g/mol. The zero-order valence-corrected chi connectivity index (χ0v) is 14.8. The molecule has 0 saturated carbocycles. The summed E-state index contributed by atoms with van der Waals surface area (Å²) in [5.41, 5.74) is 4.74. The first-order valence-corrected chi connectivity index (χ1v) is 8.39. The molecule has 1 aliphatic heterocycles. The largest absolute Gasteiger partial charge is 0.489 e. The Morgan fingerprint density at radius 2 is 1.46 bits per heavy atom. The summed E-state index contributed by atoms with van der Waals surface area (Å²) in [5, 5.41) is 22.2. The van der Waals surface area contributed by atoms with Crippen LogP contribution in [0.2, 0.25) is 0 Å². The number of nitrogens with one attached hydrogen (secondary N) is 1. The molecular weight excluding hydrogens is 322 g/mol. The number of allylic oxidation sites excluding steroid dienone is 4. The first kappa shape index (κ1) is 17.3. The number of hydrogen-bond donors (Lipinski definition) is 1. The molecule has 0 bridgehead atoms. The summed E-state index contributed by atoms with van der Waals surface area (Å²) >= 11 is 0. The average Bonchev–Trinajstić information content (AvgIpc) is 2.67. The fraction of sp³-hybridized carbons (Fsp3) is 0.182. The van der Waals surface area contributed by atoms with Crippen molar-refractivity contribution in [1.82, 2.24) is 5.32 Å². The van der Waals surface area contributed by atoms with Gasteiger partial charge in [0.2, 0.25) is 0 Å². The van der Waals surface area contributed by atoms with E-state index < -0.39 is 0 Å². The van der Waals surface area contributed by atoms with Crippen molar-refractivity contribution < 1.29 is 4.74 Å². The van der Waals surface area contributed by atoms with Crippen molar-refractivity contribution in [2.24, 2.45) is 0 Å². The van der Waals surface area contributed by atoms with Gasteiger partial charge in [-0.3, -0.25) is 0 Å². The number of nitrogens with zero attached hydrogens (tertiary/aromatic N) is 2. The Kier molecular flexibility index (Phi) is 5.06. The molecule has 0 aromatic heterocycles. The molecule has 4 heteroatoms. The van der Waals surface area contributed by atoms with Crippen LogP contribution in [0.3, 0.4) is 0 Å². The highest BCUT2D eigenvalue weighted by Gasteiger charge is 2.29. The van der Waals surface area contributed by atoms with Crippen LogP contribution in [0.1, 0.15) is 30.9 Å². The van der Waals surface area contributed by atoms with Crippen molar-refractivity contribution in [3.8, 4) is 17.9 Å². The van der Waals surface area contributed by atoms with Crippen LogP contribution in [0, 0.1) is 22.7 Å². The van der Waals surface area contributed by atoms with E-state index in [-0.39, 0.29) is 5.92 Å². The highest BCUT2D eigenvalue weighted by Crippen LogP contribution is 2.37. The summed E-state index contributed by atoms with van der Waals surface area (Å²) in [6.45, 7) is 4.22. The molecule has 4 nitrogen and oxygen atoms in total. The maximum absolute atomic E-state index is 9.55. The van der Waals surface area contributed by atoms with Gasteiger partial charge in [-0.15, -0.1) is 0 Å². The van der Waals surface area contributed by atoms with E-state index in [1.807, 2.05) is 68.4 Å². The van der Waals surface area contributed by atoms with E-state index in [4.69, 9.17) is 4.74 Å². The number of benzene rings is 2. The number of hydrogen-bond acceptors (Lipinski definition) is 4. The smallest absolute Gasteiger partial charge is 0.119 e. The van der Waals surface area contributed by atoms with Gasteiger partial charge in [0.15, 0.2) is 0 Å². The first-order valence-electron chi connectivity index (χ1n) is 8.39. The molecule has 0 aliphatic carbocycles. The summed E-state index contributed by atoms with van der Waals surface area (Å²) in [6, 6.07) is 22.1. The molecule has 0 saturated heterocycles. The molecule has 0 amide bonds. The van der Waals surface area contributed by atoms with E-state index in [0.29, 0.717) is 17.8 Å². The summed E-state index contributed by atoms with van der Waals surface area (Å²) in [5.74, 6) is 0.416. The van der Waals surface area contributed by atoms with Crippen molar-refractivity contribution in [1.29, 1.82) is 10.5 Å². The molecule has 0 spiro atoms. The fourth-order valence-electron chi connectivity index (χ4n) is 3.12. The maximum Gasteiger partial charge on any atom is 0.119 e. The van der Waals surface area contributed by atoms with Crippen LogP contribution in [-0.4, -0.2) is 0 Å². The molecule has 3 rings (SSSR count). The van der Waals surface area contributed by atoms with Gasteiger partial charge in [-0.05, 0) is 37.1 Å². The molecule has 0 unspecified atom stereocenters. The second kappa shape index (κ2) is 7.59. The van der Waals surface area contributed by atoms with E-state index >= 15 is 0 Å².